The van der Waals surface area contributed by atoms with Crippen molar-refractivity contribution in [2.24, 2.45) is 0 Å². The lowest BCUT2D eigenvalue weighted by atomic mass is 10.1. The summed E-state index contributed by atoms with van der Waals surface area (Å²) in [7, 11) is 2.00. The highest BCUT2D eigenvalue weighted by molar-refractivity contribution is 7.20. The molecule has 1 N–H and O–H groups in total. The van der Waals surface area contributed by atoms with Gasteiger partial charge in [-0.25, -0.2) is 4.98 Å². The van der Waals surface area contributed by atoms with Crippen LogP contribution in [-0.4, -0.2) is 28.1 Å². The van der Waals surface area contributed by atoms with E-state index in [2.05, 4.69) is 21.7 Å². The Morgan fingerprint density at radius 2 is 2.16 bits per heavy atom. The molecule has 0 bridgehead atoms. The second-order valence-electron chi connectivity index (χ2n) is 6.21. The predicted molar refractivity (Wildman–Crippen MR) is 106 cm³/mol. The van der Waals surface area contributed by atoms with Gasteiger partial charge in [-0.3, -0.25) is 4.90 Å². The Hall–Kier alpha value is -0.950. The molecule has 3 nitrogen and oxygen atoms in total. The molecular formula is C18H16Cl2N2OS2. The van der Waals surface area contributed by atoms with Gasteiger partial charge in [0, 0.05) is 28.4 Å². The zero-order valence-corrected chi connectivity index (χ0v) is 16.6. The number of benzene rings is 1. The molecule has 0 spiro atoms. The summed E-state index contributed by atoms with van der Waals surface area (Å²) in [5.41, 5.74) is 3.01. The Morgan fingerprint density at radius 3 is 2.92 bits per heavy atom. The van der Waals surface area contributed by atoms with Crippen LogP contribution in [0.3, 0.4) is 0 Å². The quantitative estimate of drug-likeness (QED) is 0.636. The number of hydrogen-bond donors (Lipinski definition) is 1. The van der Waals surface area contributed by atoms with Gasteiger partial charge in [0.15, 0.2) is 0 Å². The van der Waals surface area contributed by atoms with E-state index in [0.717, 1.165) is 21.8 Å². The van der Waals surface area contributed by atoms with Crippen LogP contribution in [-0.2, 0) is 13.0 Å². The number of aliphatic hydroxyl groups is 1. The van der Waals surface area contributed by atoms with Crippen LogP contribution in [0.15, 0.2) is 35.0 Å². The average Bonchev–Trinajstić information content (AvgIpc) is 3.25. The first kappa shape index (κ1) is 17.5. The highest BCUT2D eigenvalue weighted by atomic mass is 35.5. The summed E-state index contributed by atoms with van der Waals surface area (Å²) in [4.78, 5) is 8.04. The average molecular weight is 411 g/mol. The summed E-state index contributed by atoms with van der Waals surface area (Å²) >= 11 is 15.8. The molecule has 7 heteroatoms. The molecule has 0 saturated heterocycles. The zero-order valence-electron chi connectivity index (χ0n) is 13.4. The van der Waals surface area contributed by atoms with E-state index in [0.29, 0.717) is 23.0 Å². The first-order valence-corrected chi connectivity index (χ1v) is 10.4. The fraction of sp³-hybridized carbons (Fsp3) is 0.278. The van der Waals surface area contributed by atoms with Crippen LogP contribution < -0.4 is 0 Å². The Bertz CT molecular complexity index is 895. The van der Waals surface area contributed by atoms with E-state index in [1.54, 1.807) is 28.7 Å². The zero-order chi connectivity index (χ0) is 17.6. The molecule has 1 aliphatic rings. The lowest BCUT2D eigenvalue weighted by Gasteiger charge is -2.27. The lowest BCUT2D eigenvalue weighted by Crippen LogP contribution is -2.30. The van der Waals surface area contributed by atoms with Gasteiger partial charge in [0.05, 0.1) is 22.7 Å². The minimum atomic E-state index is -0.494. The molecule has 3 aromatic rings. The first-order valence-electron chi connectivity index (χ1n) is 7.87. The smallest absolute Gasteiger partial charge is 0.133 e. The van der Waals surface area contributed by atoms with Crippen molar-refractivity contribution in [2.75, 3.05) is 7.05 Å². The van der Waals surface area contributed by atoms with Gasteiger partial charge in [-0.1, -0.05) is 29.3 Å². The molecule has 25 heavy (non-hydrogen) atoms. The van der Waals surface area contributed by atoms with Gasteiger partial charge in [0.1, 0.15) is 5.01 Å². The van der Waals surface area contributed by atoms with E-state index < -0.39 is 6.10 Å². The van der Waals surface area contributed by atoms with Gasteiger partial charge in [0.25, 0.3) is 0 Å². The minimum Gasteiger partial charge on any atom is -0.391 e. The van der Waals surface area contributed by atoms with Crippen molar-refractivity contribution in [3.05, 3.63) is 61.9 Å². The monoisotopic (exact) mass is 410 g/mol. The number of likely N-dealkylation sites (N-methyl/N-ethyl adjacent to an activating group) is 1. The summed E-state index contributed by atoms with van der Waals surface area (Å²) in [6.07, 6.45) is 0.0593. The van der Waals surface area contributed by atoms with Crippen molar-refractivity contribution in [3.8, 4) is 9.88 Å². The van der Waals surface area contributed by atoms with Gasteiger partial charge in [-0.2, -0.15) is 0 Å². The second kappa shape index (κ2) is 6.99. The normalized spacial score (nSPS) is 19.6. The van der Waals surface area contributed by atoms with Crippen LogP contribution in [0.1, 0.15) is 22.9 Å². The van der Waals surface area contributed by atoms with Crippen LogP contribution in [0.4, 0.5) is 0 Å². The number of thiazole rings is 1. The van der Waals surface area contributed by atoms with Crippen LogP contribution in [0.5, 0.6) is 0 Å². The number of halogens is 2. The van der Waals surface area contributed by atoms with E-state index in [1.807, 2.05) is 19.2 Å². The van der Waals surface area contributed by atoms with Crippen molar-refractivity contribution in [1.82, 2.24) is 9.88 Å². The molecule has 0 aliphatic heterocycles. The maximum Gasteiger partial charge on any atom is 0.133 e. The molecule has 1 aromatic carbocycles. The van der Waals surface area contributed by atoms with Crippen LogP contribution in [0.2, 0.25) is 10.0 Å². The molecule has 4 rings (SSSR count). The molecular weight excluding hydrogens is 395 g/mol. The molecule has 0 unspecified atom stereocenters. The third kappa shape index (κ3) is 3.37. The number of rotatable bonds is 4. The SMILES string of the molecule is CN(Cc1csc(-c2cccs2)n1)[C@H]1c2cc(Cl)cc(Cl)c2C[C@@H]1O. The third-order valence-corrected chi connectivity index (χ3v) is 6.95. The molecule has 130 valence electrons. The van der Waals surface area contributed by atoms with E-state index in [4.69, 9.17) is 28.2 Å². The summed E-state index contributed by atoms with van der Waals surface area (Å²) in [5, 5.41) is 17.0. The number of fused-ring (bicyclic) bond motifs is 1. The summed E-state index contributed by atoms with van der Waals surface area (Å²) < 4.78 is 0. The highest BCUT2D eigenvalue weighted by Crippen LogP contribution is 2.41. The molecule has 0 fully saturated rings. The summed E-state index contributed by atoms with van der Waals surface area (Å²) in [6, 6.07) is 7.64. The molecule has 2 heterocycles. The van der Waals surface area contributed by atoms with Crippen LogP contribution in [0, 0.1) is 0 Å². The van der Waals surface area contributed by atoms with Crippen molar-refractivity contribution >= 4 is 45.9 Å². The number of thiophene rings is 1. The Morgan fingerprint density at radius 1 is 1.32 bits per heavy atom. The molecule has 2 aromatic heterocycles. The molecule has 0 saturated carbocycles. The number of hydrogen-bond acceptors (Lipinski definition) is 5. The van der Waals surface area contributed by atoms with E-state index in [9.17, 15) is 5.11 Å². The minimum absolute atomic E-state index is 0.127. The topological polar surface area (TPSA) is 36.4 Å². The van der Waals surface area contributed by atoms with Crippen molar-refractivity contribution in [3.63, 3.8) is 0 Å². The number of aromatic nitrogens is 1. The molecule has 1 aliphatic carbocycles. The Labute approximate surface area is 164 Å². The van der Waals surface area contributed by atoms with Gasteiger partial charge in [0.2, 0.25) is 0 Å². The lowest BCUT2D eigenvalue weighted by molar-refractivity contribution is 0.0719. The Kier molecular flexibility index (Phi) is 4.88. The fourth-order valence-corrected chi connectivity index (χ4v) is 5.62. The van der Waals surface area contributed by atoms with E-state index >= 15 is 0 Å². The number of aliphatic hydroxyl groups excluding tert-OH is 1. The van der Waals surface area contributed by atoms with Crippen molar-refractivity contribution in [1.29, 1.82) is 0 Å². The second-order valence-corrected chi connectivity index (χ2v) is 8.86. The van der Waals surface area contributed by atoms with Crippen molar-refractivity contribution in [2.45, 2.75) is 25.1 Å². The molecule has 0 amide bonds. The largest absolute Gasteiger partial charge is 0.391 e. The number of nitrogens with zero attached hydrogens (tertiary/aromatic N) is 2. The van der Waals surface area contributed by atoms with Crippen molar-refractivity contribution < 1.29 is 5.11 Å². The maximum absolute atomic E-state index is 10.6. The van der Waals surface area contributed by atoms with Gasteiger partial charge >= 0.3 is 0 Å². The van der Waals surface area contributed by atoms with Crippen LogP contribution in [0.25, 0.3) is 9.88 Å². The predicted octanol–water partition coefficient (Wildman–Crippen LogP) is 5.27. The highest BCUT2D eigenvalue weighted by Gasteiger charge is 2.35. The van der Waals surface area contributed by atoms with Crippen LogP contribution >= 0.6 is 45.9 Å². The van der Waals surface area contributed by atoms with Gasteiger partial charge < -0.3 is 5.11 Å². The maximum atomic E-state index is 10.6. The summed E-state index contributed by atoms with van der Waals surface area (Å²) in [5.74, 6) is 0. The molecule has 0 radical (unpaired) electrons. The molecule has 2 atom stereocenters. The third-order valence-electron chi connectivity index (χ3n) is 4.46. The summed E-state index contributed by atoms with van der Waals surface area (Å²) in [6.45, 7) is 0.660. The fourth-order valence-electron chi connectivity index (χ4n) is 3.41. The standard InChI is InChI=1S/C18H16Cl2N2OS2/c1-22(8-11-9-25-18(21-11)16-3-2-4-24-16)17-13-5-10(19)6-14(20)12(13)7-15(17)23/h2-6,9,15,17,23H,7-8H2,1H3/t15-,17-/m0/s1. The van der Waals surface area contributed by atoms with E-state index in [-0.39, 0.29) is 6.04 Å². The van der Waals surface area contributed by atoms with Gasteiger partial charge in [-0.15, -0.1) is 22.7 Å². The van der Waals surface area contributed by atoms with E-state index in [1.165, 1.54) is 4.88 Å². The van der Waals surface area contributed by atoms with Gasteiger partial charge in [-0.05, 0) is 41.8 Å². The first-order chi connectivity index (χ1) is 12.0. The Balaban J connectivity index is 1.57.